The zero-order chi connectivity index (χ0) is 20.4. The summed E-state index contributed by atoms with van der Waals surface area (Å²) < 4.78 is 1.89. The Kier molecular flexibility index (Phi) is 5.08. The molecule has 4 aromatic rings. The van der Waals surface area contributed by atoms with Crippen LogP contribution in [0.2, 0.25) is 0 Å². The van der Waals surface area contributed by atoms with Crippen molar-refractivity contribution in [2.75, 3.05) is 0 Å². The Morgan fingerprint density at radius 3 is 2.66 bits per heavy atom. The van der Waals surface area contributed by atoms with Crippen molar-refractivity contribution < 1.29 is 4.79 Å². The second-order valence-electron chi connectivity index (χ2n) is 7.03. The molecule has 3 aromatic heterocycles. The first kappa shape index (κ1) is 18.8. The predicted molar refractivity (Wildman–Crippen MR) is 113 cm³/mol. The molecule has 1 aromatic carbocycles. The molecule has 146 valence electrons. The van der Waals surface area contributed by atoms with Crippen LogP contribution >= 0.6 is 0 Å². The van der Waals surface area contributed by atoms with Crippen LogP contribution in [0.15, 0.2) is 61.1 Å². The highest BCUT2D eigenvalue weighted by Gasteiger charge is 2.19. The molecule has 0 bridgehead atoms. The number of fused-ring (bicyclic) bond motifs is 1. The maximum atomic E-state index is 13.2. The van der Waals surface area contributed by atoms with Crippen molar-refractivity contribution in [3.63, 3.8) is 0 Å². The van der Waals surface area contributed by atoms with Gasteiger partial charge in [-0.25, -0.2) is 4.98 Å². The third kappa shape index (κ3) is 3.74. The second-order valence-corrected chi connectivity index (χ2v) is 7.03. The minimum atomic E-state index is -0.154. The lowest BCUT2D eigenvalue weighted by Crippen LogP contribution is -2.27. The van der Waals surface area contributed by atoms with E-state index in [0.717, 1.165) is 40.0 Å². The van der Waals surface area contributed by atoms with E-state index in [2.05, 4.69) is 15.4 Å². The Bertz CT molecular complexity index is 1170. The van der Waals surface area contributed by atoms with Crippen molar-refractivity contribution in [1.82, 2.24) is 25.1 Å². The van der Waals surface area contributed by atoms with Gasteiger partial charge in [-0.3, -0.25) is 14.5 Å². The molecule has 0 aliphatic rings. The highest BCUT2D eigenvalue weighted by atomic mass is 16.1. The number of hydrogen-bond acceptors (Lipinski definition) is 4. The number of pyridine rings is 2. The van der Waals surface area contributed by atoms with Crippen molar-refractivity contribution >= 4 is 16.8 Å². The first-order valence-corrected chi connectivity index (χ1v) is 9.71. The summed E-state index contributed by atoms with van der Waals surface area (Å²) in [6.07, 6.45) is 5.44. The first-order valence-electron chi connectivity index (χ1n) is 9.71. The predicted octanol–water partition coefficient (Wildman–Crippen LogP) is 4.31. The van der Waals surface area contributed by atoms with E-state index in [9.17, 15) is 4.79 Å². The largest absolute Gasteiger partial charge is 0.345 e. The topological polar surface area (TPSA) is 72.7 Å². The molecule has 6 heteroatoms. The van der Waals surface area contributed by atoms with Crippen molar-refractivity contribution in [2.45, 2.75) is 33.4 Å². The van der Waals surface area contributed by atoms with Gasteiger partial charge in [-0.1, -0.05) is 18.2 Å². The van der Waals surface area contributed by atoms with Crippen molar-refractivity contribution in [1.29, 1.82) is 0 Å². The van der Waals surface area contributed by atoms with E-state index in [4.69, 9.17) is 4.98 Å². The Labute approximate surface area is 169 Å². The summed E-state index contributed by atoms with van der Waals surface area (Å²) in [6, 6.07) is 13.2. The van der Waals surface area contributed by atoms with Crippen LogP contribution in [-0.4, -0.2) is 25.7 Å². The van der Waals surface area contributed by atoms with E-state index < -0.39 is 0 Å². The monoisotopic (exact) mass is 385 g/mol. The molecular formula is C23H23N5O. The summed E-state index contributed by atoms with van der Waals surface area (Å²) in [5, 5.41) is 8.44. The van der Waals surface area contributed by atoms with Gasteiger partial charge >= 0.3 is 0 Å². The summed E-state index contributed by atoms with van der Waals surface area (Å²) in [5.41, 5.74) is 5.01. The number of rotatable bonds is 5. The third-order valence-corrected chi connectivity index (χ3v) is 5.06. The number of nitrogens with one attached hydrogen (secondary N) is 1. The Balaban J connectivity index is 1.72. The van der Waals surface area contributed by atoms with Gasteiger partial charge in [-0.05, 0) is 45.0 Å². The fraction of sp³-hybridized carbons (Fsp3) is 0.217. The minimum Gasteiger partial charge on any atom is -0.345 e. The highest BCUT2D eigenvalue weighted by Crippen LogP contribution is 2.25. The molecule has 0 aliphatic heterocycles. The molecule has 4 rings (SSSR count). The van der Waals surface area contributed by atoms with E-state index in [-0.39, 0.29) is 11.9 Å². The lowest BCUT2D eigenvalue weighted by atomic mass is 10.0. The highest BCUT2D eigenvalue weighted by molar-refractivity contribution is 6.07. The molecule has 29 heavy (non-hydrogen) atoms. The van der Waals surface area contributed by atoms with Crippen LogP contribution in [0, 0.1) is 6.92 Å². The van der Waals surface area contributed by atoms with Crippen LogP contribution in [0.25, 0.3) is 22.2 Å². The van der Waals surface area contributed by atoms with Crippen LogP contribution in [0.5, 0.6) is 0 Å². The number of amides is 1. The van der Waals surface area contributed by atoms with Gasteiger partial charge in [-0.15, -0.1) is 0 Å². The number of aryl methyl sites for hydroxylation is 2. The second kappa shape index (κ2) is 7.83. The van der Waals surface area contributed by atoms with Gasteiger partial charge in [0.2, 0.25) is 0 Å². The molecule has 0 spiro atoms. The average molecular weight is 385 g/mol. The minimum absolute atomic E-state index is 0.130. The molecule has 1 atom stereocenters. The summed E-state index contributed by atoms with van der Waals surface area (Å²) >= 11 is 0. The zero-order valence-corrected chi connectivity index (χ0v) is 16.8. The van der Waals surface area contributed by atoms with Crippen LogP contribution < -0.4 is 5.32 Å². The maximum absolute atomic E-state index is 13.2. The van der Waals surface area contributed by atoms with Crippen LogP contribution in [0.3, 0.4) is 0 Å². The summed E-state index contributed by atoms with van der Waals surface area (Å²) in [4.78, 5) is 22.0. The van der Waals surface area contributed by atoms with Crippen LogP contribution in [0.1, 0.15) is 41.5 Å². The Hall–Kier alpha value is -3.54. The number of benzene rings is 1. The molecule has 0 aliphatic carbocycles. The quantitative estimate of drug-likeness (QED) is 0.555. The number of nitrogens with zero attached hydrogens (tertiary/aromatic N) is 4. The zero-order valence-electron chi connectivity index (χ0n) is 16.8. The third-order valence-electron chi connectivity index (χ3n) is 5.06. The lowest BCUT2D eigenvalue weighted by molar-refractivity contribution is 0.0941. The number of carbonyl (C=O) groups excluding carboxylic acids is 1. The van der Waals surface area contributed by atoms with Gasteiger partial charge in [0.15, 0.2) is 0 Å². The molecule has 6 nitrogen and oxygen atoms in total. The van der Waals surface area contributed by atoms with E-state index in [1.54, 1.807) is 12.4 Å². The fourth-order valence-electron chi connectivity index (χ4n) is 3.51. The molecule has 1 amide bonds. The van der Waals surface area contributed by atoms with Gasteiger partial charge < -0.3 is 5.32 Å². The number of aromatic nitrogens is 4. The average Bonchev–Trinajstić information content (AvgIpc) is 3.14. The maximum Gasteiger partial charge on any atom is 0.252 e. The van der Waals surface area contributed by atoms with E-state index in [0.29, 0.717) is 5.56 Å². The standard InChI is InChI=1S/C23H23N5O/c1-4-28-14-20(16(3)27-28)15(2)25-23(29)19-13-22(17-9-11-24-12-10-17)26-21-8-6-5-7-18(19)21/h5-15H,4H2,1-3H3,(H,25,29)/t15-/m1/s1. The van der Waals surface area contributed by atoms with E-state index >= 15 is 0 Å². The summed E-state index contributed by atoms with van der Waals surface area (Å²) in [5.74, 6) is -0.130. The normalized spacial score (nSPS) is 12.1. The van der Waals surface area contributed by atoms with Crippen molar-refractivity contribution in [3.05, 3.63) is 77.9 Å². The lowest BCUT2D eigenvalue weighted by Gasteiger charge is -2.15. The SMILES string of the molecule is CCn1cc([C@@H](C)NC(=O)c2cc(-c3ccncc3)nc3ccccc23)c(C)n1. The van der Waals surface area contributed by atoms with Gasteiger partial charge in [0.1, 0.15) is 0 Å². The number of carbonyl (C=O) groups is 1. The molecule has 0 saturated heterocycles. The molecular weight excluding hydrogens is 362 g/mol. The van der Waals surface area contributed by atoms with Crippen molar-refractivity contribution in [3.8, 4) is 11.3 Å². The van der Waals surface area contributed by atoms with Crippen LogP contribution in [0.4, 0.5) is 0 Å². The van der Waals surface area contributed by atoms with Crippen LogP contribution in [-0.2, 0) is 6.54 Å². The van der Waals surface area contributed by atoms with Gasteiger partial charge in [0.25, 0.3) is 5.91 Å². The summed E-state index contributed by atoms with van der Waals surface area (Å²) in [7, 11) is 0. The van der Waals surface area contributed by atoms with Gasteiger partial charge in [0.05, 0.1) is 28.5 Å². The molecule has 1 N–H and O–H groups in total. The van der Waals surface area contributed by atoms with Crippen molar-refractivity contribution in [2.24, 2.45) is 0 Å². The molecule has 3 heterocycles. The number of para-hydroxylation sites is 1. The molecule has 0 radical (unpaired) electrons. The van der Waals surface area contributed by atoms with E-state index in [1.165, 1.54) is 0 Å². The fourth-order valence-corrected chi connectivity index (χ4v) is 3.51. The smallest absolute Gasteiger partial charge is 0.252 e. The Morgan fingerprint density at radius 1 is 1.17 bits per heavy atom. The molecule has 0 saturated carbocycles. The first-order chi connectivity index (χ1) is 14.1. The Morgan fingerprint density at radius 2 is 1.93 bits per heavy atom. The van der Waals surface area contributed by atoms with Gasteiger partial charge in [-0.2, -0.15) is 5.10 Å². The number of hydrogen-bond donors (Lipinski definition) is 1. The molecule has 0 unspecified atom stereocenters. The van der Waals surface area contributed by atoms with Gasteiger partial charge in [0, 0.05) is 41.6 Å². The molecule has 0 fully saturated rings. The van der Waals surface area contributed by atoms with E-state index in [1.807, 2.05) is 74.1 Å². The summed E-state index contributed by atoms with van der Waals surface area (Å²) in [6.45, 7) is 6.79.